The van der Waals surface area contributed by atoms with Crippen molar-refractivity contribution in [3.63, 3.8) is 0 Å². The lowest BCUT2D eigenvalue weighted by Gasteiger charge is -2.44. The Bertz CT molecular complexity index is 1570. The van der Waals surface area contributed by atoms with Gasteiger partial charge in [0, 0.05) is 55.8 Å². The van der Waals surface area contributed by atoms with E-state index < -0.39 is 11.9 Å². The van der Waals surface area contributed by atoms with Gasteiger partial charge in [-0.3, -0.25) is 9.58 Å². The predicted octanol–water partition coefficient (Wildman–Crippen LogP) is 4.76. The minimum Gasteiger partial charge on any atom is -0.465 e. The van der Waals surface area contributed by atoms with Gasteiger partial charge in [0.15, 0.2) is 24.2 Å². The van der Waals surface area contributed by atoms with Crippen LogP contribution in [0.25, 0.3) is 33.2 Å². The SMILES string of the molecule is COCOc1c(-c2nc(C3CC3)c3cc(N4C[C@@H](C)N(C(=O)O)[C@@H](C)C4)ccc3n2)cc2cn(C)nc2c1F. The molecule has 0 radical (unpaired) electrons. The third-order valence-corrected chi connectivity index (χ3v) is 7.55. The Morgan fingerprint density at radius 3 is 2.56 bits per heavy atom. The van der Waals surface area contributed by atoms with Crippen LogP contribution in [0.4, 0.5) is 14.9 Å². The Balaban J connectivity index is 1.45. The van der Waals surface area contributed by atoms with E-state index in [4.69, 9.17) is 19.4 Å². The van der Waals surface area contributed by atoms with Crippen molar-refractivity contribution in [1.82, 2.24) is 24.6 Å². The zero-order chi connectivity index (χ0) is 27.4. The van der Waals surface area contributed by atoms with E-state index in [9.17, 15) is 9.90 Å². The zero-order valence-corrected chi connectivity index (χ0v) is 22.4. The molecule has 2 fully saturated rings. The normalized spacial score (nSPS) is 19.7. The van der Waals surface area contributed by atoms with Crippen molar-refractivity contribution < 1.29 is 23.8 Å². The number of methoxy groups -OCH3 is 1. The van der Waals surface area contributed by atoms with E-state index in [1.807, 2.05) is 32.0 Å². The average molecular weight is 535 g/mol. The molecule has 2 aromatic heterocycles. The number of halogens is 1. The fourth-order valence-corrected chi connectivity index (χ4v) is 5.69. The highest BCUT2D eigenvalue weighted by molar-refractivity contribution is 5.91. The van der Waals surface area contributed by atoms with Gasteiger partial charge in [-0.2, -0.15) is 5.10 Å². The molecule has 10 nitrogen and oxygen atoms in total. The highest BCUT2D eigenvalue weighted by Gasteiger charge is 2.34. The molecule has 6 rings (SSSR count). The van der Waals surface area contributed by atoms with Crippen molar-refractivity contribution in [3.05, 3.63) is 42.0 Å². The summed E-state index contributed by atoms with van der Waals surface area (Å²) in [4.78, 5) is 25.3. The zero-order valence-electron chi connectivity index (χ0n) is 22.4. The summed E-state index contributed by atoms with van der Waals surface area (Å²) in [5.41, 5.74) is 3.38. The fraction of sp³-hybridized carbons (Fsp3) is 0.429. The topological polar surface area (TPSA) is 106 Å². The van der Waals surface area contributed by atoms with Crippen LogP contribution in [0.1, 0.15) is 38.3 Å². The molecule has 2 aromatic carbocycles. The van der Waals surface area contributed by atoms with Crippen molar-refractivity contribution in [2.45, 2.75) is 44.7 Å². The van der Waals surface area contributed by atoms with Gasteiger partial charge in [-0.15, -0.1) is 0 Å². The maximum Gasteiger partial charge on any atom is 0.407 e. The van der Waals surface area contributed by atoms with Crippen LogP contribution in [-0.2, 0) is 11.8 Å². The van der Waals surface area contributed by atoms with Crippen molar-refractivity contribution in [1.29, 1.82) is 0 Å². The summed E-state index contributed by atoms with van der Waals surface area (Å²) in [7, 11) is 3.22. The number of rotatable bonds is 6. The molecule has 204 valence electrons. The summed E-state index contributed by atoms with van der Waals surface area (Å²) < 4.78 is 27.9. The molecule has 0 bridgehead atoms. The standard InChI is InChI=1S/C28H31FN6O4/c1-15-11-34(12-16(2)35(15)28(36)37)19-7-8-22-20(10-19)24(17-5-6-17)31-27(30-22)21-9-18-13-33(3)32-25(18)23(29)26(21)39-14-38-4/h7-10,13,15-17H,5-6,11-12,14H2,1-4H3,(H,36,37)/t15-,16+. The number of anilines is 1. The largest absolute Gasteiger partial charge is 0.465 e. The number of ether oxygens (including phenoxy) is 2. The van der Waals surface area contributed by atoms with Crippen LogP contribution < -0.4 is 9.64 Å². The number of carboxylic acid groups (broad SMARTS) is 1. The maximum absolute atomic E-state index is 15.6. The lowest BCUT2D eigenvalue weighted by molar-refractivity contribution is 0.0489. The number of amides is 1. The number of fused-ring (bicyclic) bond motifs is 2. The van der Waals surface area contributed by atoms with Gasteiger partial charge >= 0.3 is 6.09 Å². The van der Waals surface area contributed by atoms with Gasteiger partial charge in [0.2, 0.25) is 0 Å². The molecule has 4 aromatic rings. The van der Waals surface area contributed by atoms with Gasteiger partial charge in [-0.05, 0) is 51.0 Å². The second kappa shape index (κ2) is 9.64. The van der Waals surface area contributed by atoms with Crippen LogP contribution in [0.3, 0.4) is 0 Å². The van der Waals surface area contributed by atoms with Crippen molar-refractivity contribution >= 4 is 33.6 Å². The van der Waals surface area contributed by atoms with Gasteiger partial charge < -0.3 is 19.5 Å². The number of nitrogens with zero attached hydrogens (tertiary/aromatic N) is 6. The molecule has 39 heavy (non-hydrogen) atoms. The summed E-state index contributed by atoms with van der Waals surface area (Å²) in [6.07, 6.45) is 2.93. The highest BCUT2D eigenvalue weighted by atomic mass is 19.1. The van der Waals surface area contributed by atoms with E-state index in [0.29, 0.717) is 35.8 Å². The highest BCUT2D eigenvalue weighted by Crippen LogP contribution is 2.44. The smallest absolute Gasteiger partial charge is 0.407 e. The first kappa shape index (κ1) is 25.3. The van der Waals surface area contributed by atoms with Gasteiger partial charge in [0.05, 0.1) is 28.9 Å². The fourth-order valence-electron chi connectivity index (χ4n) is 5.69. The van der Waals surface area contributed by atoms with E-state index in [1.54, 1.807) is 17.9 Å². The summed E-state index contributed by atoms with van der Waals surface area (Å²) in [5, 5.41) is 15.4. The van der Waals surface area contributed by atoms with Gasteiger partial charge in [-0.25, -0.2) is 19.2 Å². The first-order valence-corrected chi connectivity index (χ1v) is 13.1. The molecule has 2 aliphatic rings. The Morgan fingerprint density at radius 1 is 1.15 bits per heavy atom. The lowest BCUT2D eigenvalue weighted by Crippen LogP contribution is -2.58. The number of carbonyl (C=O) groups is 1. The number of aryl methyl sites for hydroxylation is 1. The summed E-state index contributed by atoms with van der Waals surface area (Å²) >= 11 is 0. The predicted molar refractivity (Wildman–Crippen MR) is 145 cm³/mol. The van der Waals surface area contributed by atoms with E-state index >= 15 is 4.39 Å². The van der Waals surface area contributed by atoms with E-state index in [0.717, 1.165) is 35.1 Å². The number of hydrogen-bond donors (Lipinski definition) is 1. The van der Waals surface area contributed by atoms with Gasteiger partial charge in [-0.1, -0.05) is 0 Å². The summed E-state index contributed by atoms with van der Waals surface area (Å²) in [6.45, 7) is 4.95. The first-order chi connectivity index (χ1) is 18.7. The molecule has 1 aliphatic heterocycles. The molecular formula is C28H31FN6O4. The van der Waals surface area contributed by atoms with Crippen molar-refractivity contribution in [3.8, 4) is 17.1 Å². The third kappa shape index (κ3) is 4.50. The van der Waals surface area contributed by atoms with Crippen LogP contribution in [0.2, 0.25) is 0 Å². The molecule has 1 N–H and O–H groups in total. The summed E-state index contributed by atoms with van der Waals surface area (Å²) in [6, 6.07) is 7.63. The summed E-state index contributed by atoms with van der Waals surface area (Å²) in [5.74, 6) is 0.141. The molecule has 1 amide bonds. The number of aromatic nitrogens is 4. The minimum atomic E-state index is -0.889. The third-order valence-electron chi connectivity index (χ3n) is 7.55. The number of hydrogen-bond acceptors (Lipinski definition) is 7. The van der Waals surface area contributed by atoms with Crippen LogP contribution in [0.15, 0.2) is 30.5 Å². The van der Waals surface area contributed by atoms with Gasteiger partial charge in [0.25, 0.3) is 0 Å². The quantitative estimate of drug-likeness (QED) is 0.353. The van der Waals surface area contributed by atoms with Crippen molar-refractivity contribution in [2.75, 3.05) is 31.9 Å². The molecule has 3 heterocycles. The molecule has 1 saturated carbocycles. The number of piperazine rings is 1. The monoisotopic (exact) mass is 534 g/mol. The Morgan fingerprint density at radius 2 is 1.90 bits per heavy atom. The second-order valence-corrected chi connectivity index (χ2v) is 10.6. The molecular weight excluding hydrogens is 503 g/mol. The van der Waals surface area contributed by atoms with Crippen LogP contribution in [0.5, 0.6) is 5.75 Å². The van der Waals surface area contributed by atoms with Crippen LogP contribution in [-0.4, -0.2) is 74.9 Å². The average Bonchev–Trinajstić information content (AvgIpc) is 3.67. The molecule has 1 aliphatic carbocycles. The van der Waals surface area contributed by atoms with Crippen molar-refractivity contribution in [2.24, 2.45) is 7.05 Å². The minimum absolute atomic E-state index is 0.0139. The Kier molecular flexibility index (Phi) is 6.25. The van der Waals surface area contributed by atoms with E-state index in [-0.39, 0.29) is 30.1 Å². The Hall–Kier alpha value is -3.99. The van der Waals surface area contributed by atoms with Crippen LogP contribution in [0, 0.1) is 5.82 Å². The molecule has 1 saturated heterocycles. The number of benzene rings is 2. The first-order valence-electron chi connectivity index (χ1n) is 13.1. The lowest BCUT2D eigenvalue weighted by atomic mass is 10.0. The second-order valence-electron chi connectivity index (χ2n) is 10.6. The Labute approximate surface area is 224 Å². The molecule has 0 spiro atoms. The molecule has 0 unspecified atom stereocenters. The van der Waals surface area contributed by atoms with E-state index in [1.165, 1.54) is 12.0 Å². The molecule has 2 atom stereocenters. The van der Waals surface area contributed by atoms with Gasteiger partial charge in [0.1, 0.15) is 5.52 Å². The maximum atomic E-state index is 15.6. The van der Waals surface area contributed by atoms with Crippen LogP contribution >= 0.6 is 0 Å². The van der Waals surface area contributed by atoms with E-state index in [2.05, 4.69) is 16.1 Å². The molecule has 11 heteroatoms.